The predicted octanol–water partition coefficient (Wildman–Crippen LogP) is 1.01. The fourth-order valence-electron chi connectivity index (χ4n) is 3.32. The Morgan fingerprint density at radius 3 is 2.78 bits per heavy atom. The van der Waals surface area contributed by atoms with Crippen molar-refractivity contribution >= 4 is 17.4 Å². The third-order valence-corrected chi connectivity index (χ3v) is 4.73. The number of hydrogen-bond acceptors (Lipinski definition) is 8. The number of fused-ring (bicyclic) bond motifs is 1. The zero-order valence-corrected chi connectivity index (χ0v) is 14.6. The van der Waals surface area contributed by atoms with E-state index in [0.29, 0.717) is 23.2 Å². The van der Waals surface area contributed by atoms with Gasteiger partial charge in [-0.15, -0.1) is 5.10 Å². The molecule has 1 aliphatic heterocycles. The van der Waals surface area contributed by atoms with Crippen molar-refractivity contribution < 1.29 is 4.42 Å². The molecule has 0 atom stereocenters. The molecular weight excluding hydrogens is 346 g/mol. The maximum atomic E-state index is 6.12. The standard InChI is InChI=1S/C17H19N9O/c18-17-21-14(10-15-20-16(23-26(15)17)13-2-1-9-27-13)25-7-5-24(6-8-25)11-12-3-4-19-22-12/h1-4,9-10H,5-8,11H2,(H2,18,21)(H,19,22). The quantitative estimate of drug-likeness (QED) is 0.550. The van der Waals surface area contributed by atoms with Crippen molar-refractivity contribution in [2.45, 2.75) is 6.54 Å². The highest BCUT2D eigenvalue weighted by Gasteiger charge is 2.20. The summed E-state index contributed by atoms with van der Waals surface area (Å²) in [5.41, 5.74) is 7.90. The van der Waals surface area contributed by atoms with Gasteiger partial charge in [-0.05, 0) is 18.2 Å². The van der Waals surface area contributed by atoms with Gasteiger partial charge in [-0.1, -0.05) is 0 Å². The average Bonchev–Trinajstić information content (AvgIpc) is 3.43. The first-order chi connectivity index (χ1) is 13.3. The zero-order valence-electron chi connectivity index (χ0n) is 14.6. The van der Waals surface area contributed by atoms with Gasteiger partial charge in [-0.3, -0.25) is 10.00 Å². The van der Waals surface area contributed by atoms with Gasteiger partial charge in [0.25, 0.3) is 0 Å². The number of rotatable bonds is 4. The number of nitrogen functional groups attached to an aromatic ring is 1. The Labute approximate surface area is 154 Å². The second kappa shape index (κ2) is 6.40. The van der Waals surface area contributed by atoms with E-state index in [4.69, 9.17) is 10.2 Å². The number of nitrogens with zero attached hydrogens (tertiary/aromatic N) is 7. The molecule has 10 heteroatoms. The highest BCUT2D eigenvalue weighted by molar-refractivity contribution is 5.59. The summed E-state index contributed by atoms with van der Waals surface area (Å²) in [6.07, 6.45) is 3.37. The van der Waals surface area contributed by atoms with E-state index in [1.54, 1.807) is 18.5 Å². The lowest BCUT2D eigenvalue weighted by atomic mass is 10.3. The van der Waals surface area contributed by atoms with Crippen LogP contribution in [0.4, 0.5) is 11.8 Å². The molecule has 0 saturated carbocycles. The van der Waals surface area contributed by atoms with E-state index in [0.717, 1.165) is 44.2 Å². The summed E-state index contributed by atoms with van der Waals surface area (Å²) >= 11 is 0. The number of aromatic amines is 1. The molecule has 5 rings (SSSR count). The van der Waals surface area contributed by atoms with E-state index in [1.807, 2.05) is 18.2 Å². The van der Waals surface area contributed by atoms with Crippen LogP contribution < -0.4 is 10.6 Å². The van der Waals surface area contributed by atoms with E-state index >= 15 is 0 Å². The lowest BCUT2D eigenvalue weighted by Crippen LogP contribution is -2.46. The maximum absolute atomic E-state index is 6.12. The van der Waals surface area contributed by atoms with E-state index < -0.39 is 0 Å². The smallest absolute Gasteiger partial charge is 0.225 e. The van der Waals surface area contributed by atoms with Crippen molar-refractivity contribution in [3.05, 3.63) is 42.4 Å². The number of nitrogens with two attached hydrogens (primary N) is 1. The largest absolute Gasteiger partial charge is 0.461 e. The lowest BCUT2D eigenvalue weighted by Gasteiger charge is -2.35. The summed E-state index contributed by atoms with van der Waals surface area (Å²) in [5, 5.41) is 11.4. The summed E-state index contributed by atoms with van der Waals surface area (Å²) in [7, 11) is 0. The number of hydrogen-bond donors (Lipinski definition) is 2. The van der Waals surface area contributed by atoms with E-state index in [-0.39, 0.29) is 0 Å². The molecule has 5 heterocycles. The van der Waals surface area contributed by atoms with Crippen LogP contribution in [0.1, 0.15) is 5.69 Å². The highest BCUT2D eigenvalue weighted by atomic mass is 16.3. The predicted molar refractivity (Wildman–Crippen MR) is 99.0 cm³/mol. The van der Waals surface area contributed by atoms with Gasteiger partial charge in [0.15, 0.2) is 11.4 Å². The Hall–Kier alpha value is -3.40. The molecule has 0 spiro atoms. The molecule has 4 aromatic heterocycles. The SMILES string of the molecule is Nc1nc(N2CCN(Cc3ccn[nH]3)CC2)cc2nc(-c3ccco3)nn12. The molecule has 10 nitrogen and oxygen atoms in total. The van der Waals surface area contributed by atoms with E-state index in [2.05, 4.69) is 35.1 Å². The highest BCUT2D eigenvalue weighted by Crippen LogP contribution is 2.22. The van der Waals surface area contributed by atoms with Gasteiger partial charge in [-0.25, -0.2) is 4.98 Å². The van der Waals surface area contributed by atoms with E-state index in [1.165, 1.54) is 4.52 Å². The monoisotopic (exact) mass is 365 g/mol. The van der Waals surface area contributed by atoms with Crippen molar-refractivity contribution in [2.24, 2.45) is 0 Å². The molecule has 0 radical (unpaired) electrons. The fraction of sp³-hybridized carbons (Fsp3) is 0.294. The number of anilines is 2. The zero-order chi connectivity index (χ0) is 18.2. The minimum absolute atomic E-state index is 0.313. The topological polar surface area (TPSA) is 117 Å². The fourth-order valence-corrected chi connectivity index (χ4v) is 3.32. The van der Waals surface area contributed by atoms with Crippen LogP contribution in [0, 0.1) is 0 Å². The lowest BCUT2D eigenvalue weighted by molar-refractivity contribution is 0.246. The summed E-state index contributed by atoms with van der Waals surface area (Å²) in [5.74, 6) is 2.23. The number of nitrogens with one attached hydrogen (secondary N) is 1. The molecule has 0 amide bonds. The number of H-pyrrole nitrogens is 1. The Morgan fingerprint density at radius 2 is 2.04 bits per heavy atom. The van der Waals surface area contributed by atoms with Gasteiger partial charge in [0.05, 0.1) is 6.26 Å². The van der Waals surface area contributed by atoms with Gasteiger partial charge in [0.2, 0.25) is 11.8 Å². The van der Waals surface area contributed by atoms with Gasteiger partial charge < -0.3 is 15.1 Å². The molecular formula is C17H19N9O. The molecule has 0 aliphatic carbocycles. The van der Waals surface area contributed by atoms with Crippen LogP contribution >= 0.6 is 0 Å². The van der Waals surface area contributed by atoms with Gasteiger partial charge in [0, 0.05) is 50.7 Å². The van der Waals surface area contributed by atoms with Crippen LogP contribution in [0.2, 0.25) is 0 Å². The number of furan rings is 1. The molecule has 4 aromatic rings. The first-order valence-corrected chi connectivity index (χ1v) is 8.79. The third-order valence-electron chi connectivity index (χ3n) is 4.73. The molecule has 0 aromatic carbocycles. The minimum Gasteiger partial charge on any atom is -0.461 e. The summed E-state index contributed by atoms with van der Waals surface area (Å²) in [6.45, 7) is 4.50. The van der Waals surface area contributed by atoms with Crippen molar-refractivity contribution in [1.29, 1.82) is 0 Å². The second-order valence-electron chi connectivity index (χ2n) is 6.50. The molecule has 27 heavy (non-hydrogen) atoms. The van der Waals surface area contributed by atoms with E-state index in [9.17, 15) is 0 Å². The first-order valence-electron chi connectivity index (χ1n) is 8.79. The van der Waals surface area contributed by atoms with Crippen LogP contribution in [-0.2, 0) is 6.54 Å². The van der Waals surface area contributed by atoms with Crippen LogP contribution in [0.5, 0.6) is 0 Å². The van der Waals surface area contributed by atoms with Crippen molar-refractivity contribution in [1.82, 2.24) is 34.7 Å². The van der Waals surface area contributed by atoms with Gasteiger partial charge in [-0.2, -0.15) is 14.6 Å². The molecule has 3 N–H and O–H groups in total. The van der Waals surface area contributed by atoms with Gasteiger partial charge >= 0.3 is 0 Å². The van der Waals surface area contributed by atoms with Crippen LogP contribution in [0.25, 0.3) is 17.2 Å². The van der Waals surface area contributed by atoms with Crippen molar-refractivity contribution in [3.63, 3.8) is 0 Å². The Morgan fingerprint density at radius 1 is 1.15 bits per heavy atom. The first kappa shape index (κ1) is 15.8. The maximum Gasteiger partial charge on any atom is 0.225 e. The minimum atomic E-state index is 0.313. The molecule has 0 bridgehead atoms. The summed E-state index contributed by atoms with van der Waals surface area (Å²) < 4.78 is 6.91. The second-order valence-corrected chi connectivity index (χ2v) is 6.50. The molecule has 0 unspecified atom stereocenters. The Balaban J connectivity index is 1.34. The molecule has 1 saturated heterocycles. The van der Waals surface area contributed by atoms with Crippen LogP contribution in [-0.4, -0.2) is 60.9 Å². The number of piperazine rings is 1. The normalized spacial score (nSPS) is 15.6. The van der Waals surface area contributed by atoms with Crippen molar-refractivity contribution in [2.75, 3.05) is 36.8 Å². The van der Waals surface area contributed by atoms with Crippen LogP contribution in [0.15, 0.2) is 41.1 Å². The Kier molecular flexibility index (Phi) is 3.75. The Bertz CT molecular complexity index is 1030. The average molecular weight is 365 g/mol. The summed E-state index contributed by atoms with van der Waals surface area (Å²) in [4.78, 5) is 13.7. The molecule has 1 fully saturated rings. The van der Waals surface area contributed by atoms with Crippen LogP contribution in [0.3, 0.4) is 0 Å². The third kappa shape index (κ3) is 2.99. The van der Waals surface area contributed by atoms with Crippen molar-refractivity contribution in [3.8, 4) is 11.6 Å². The summed E-state index contributed by atoms with van der Waals surface area (Å²) in [6, 6.07) is 7.54. The molecule has 1 aliphatic rings. The number of aromatic nitrogens is 6. The molecule has 138 valence electrons. The van der Waals surface area contributed by atoms with Gasteiger partial charge in [0.1, 0.15) is 5.82 Å².